The van der Waals surface area contributed by atoms with E-state index < -0.39 is 23.6 Å². The number of hydrogen-bond acceptors (Lipinski definition) is 8. The van der Waals surface area contributed by atoms with Crippen LogP contribution in [-0.2, 0) is 24.1 Å². The number of β-amino-alcohol motifs (C(OH)–C–C–N with tert-alkyl or cyclic N) is 1. The molecular weight excluding hydrogens is 711 g/mol. The second-order valence-corrected chi connectivity index (χ2v) is 14.2. The molecule has 2 saturated heterocycles. The van der Waals surface area contributed by atoms with Gasteiger partial charge in [0, 0.05) is 68.5 Å². The Balaban J connectivity index is 1.23. The van der Waals surface area contributed by atoms with Crippen LogP contribution in [0.1, 0.15) is 62.3 Å². The molecule has 1 amide bonds. The maximum atomic E-state index is 14.4. The van der Waals surface area contributed by atoms with Gasteiger partial charge in [-0.25, -0.2) is 0 Å². The van der Waals surface area contributed by atoms with Gasteiger partial charge in [0.2, 0.25) is 0 Å². The lowest BCUT2D eigenvalue weighted by Crippen LogP contribution is -2.23. The molecule has 290 valence electrons. The zero-order valence-electron chi connectivity index (χ0n) is 31.3. The van der Waals surface area contributed by atoms with Crippen LogP contribution in [0, 0.1) is 19.8 Å². The first-order valence-corrected chi connectivity index (χ1v) is 18.2. The highest BCUT2D eigenvalue weighted by Crippen LogP contribution is 2.39. The summed E-state index contributed by atoms with van der Waals surface area (Å²) in [7, 11) is 3.20. The van der Waals surface area contributed by atoms with Gasteiger partial charge in [0.25, 0.3) is 5.91 Å². The minimum Gasteiger partial charge on any atom is -0.496 e. The number of carbonyl (C=O) groups excluding carboxylic acids is 1. The molecule has 6 rings (SSSR count). The first kappa shape index (κ1) is 39.5. The Bertz CT molecular complexity index is 2100. The number of ether oxygens (including phenoxy) is 1. The third-order valence-electron chi connectivity index (χ3n) is 10.6. The summed E-state index contributed by atoms with van der Waals surface area (Å²) in [6, 6.07) is 15.4. The number of aliphatic hydroxyl groups is 1. The standard InChI is InChI=1S/C42H46F3N5O5/c1-25-27(11-12-28-18-39(55-4)30(17-35(28)42(43,44)45)22-49-15-13-29(21-49)41(53)54)7-5-8-33(25)34-9-6-10-36(26(34)2)48-40(52)38-19-37(46-3)31(20-47-38)23-50-16-14-32(51)24-50/h5-12,17-20,29,32,51H,13-16,21-24H2,1-4H3,(H,46,47)(H,48,52)(H,53,54)/b12-11+/t29-,32-/m1/s1. The molecule has 0 unspecified atom stereocenters. The highest BCUT2D eigenvalue weighted by Gasteiger charge is 2.35. The van der Waals surface area contributed by atoms with Crippen molar-refractivity contribution >= 4 is 35.4 Å². The SMILES string of the molecule is CNc1cc(C(=O)Nc2cccc(-c3cccc(/C=C/c4cc(OC)c(CN5CC[C@@H](C(=O)O)C5)cc4C(F)(F)F)c3C)c2C)ncc1CN1CC[C@@H](O)C1. The van der Waals surface area contributed by atoms with Gasteiger partial charge in [0.1, 0.15) is 11.4 Å². The van der Waals surface area contributed by atoms with E-state index in [1.165, 1.54) is 19.3 Å². The molecule has 2 aliphatic rings. The lowest BCUT2D eigenvalue weighted by Gasteiger charge is -2.20. The van der Waals surface area contributed by atoms with E-state index >= 15 is 0 Å². The maximum absolute atomic E-state index is 14.4. The number of hydrogen-bond donors (Lipinski definition) is 4. The van der Waals surface area contributed by atoms with Crippen LogP contribution in [-0.4, -0.2) is 83.3 Å². The van der Waals surface area contributed by atoms with Crippen molar-refractivity contribution in [1.29, 1.82) is 0 Å². The number of carboxylic acids is 1. The number of benzene rings is 3. The maximum Gasteiger partial charge on any atom is 0.417 e. The predicted octanol–water partition coefficient (Wildman–Crippen LogP) is 7.33. The van der Waals surface area contributed by atoms with Gasteiger partial charge >= 0.3 is 12.1 Å². The number of carbonyl (C=O) groups is 2. The number of aromatic nitrogens is 1. The zero-order valence-corrected chi connectivity index (χ0v) is 31.3. The van der Waals surface area contributed by atoms with Gasteiger partial charge < -0.3 is 25.6 Å². The van der Waals surface area contributed by atoms with Crippen molar-refractivity contribution in [1.82, 2.24) is 14.8 Å². The monoisotopic (exact) mass is 757 g/mol. The number of aliphatic hydroxyl groups excluding tert-OH is 1. The summed E-state index contributed by atoms with van der Waals surface area (Å²) >= 11 is 0. The van der Waals surface area contributed by atoms with Crippen LogP contribution in [0.3, 0.4) is 0 Å². The van der Waals surface area contributed by atoms with Gasteiger partial charge in [-0.2, -0.15) is 13.2 Å². The number of rotatable bonds is 12. The van der Waals surface area contributed by atoms with Crippen LogP contribution in [0.15, 0.2) is 60.8 Å². The number of halogens is 3. The Labute approximate surface area is 318 Å². The summed E-state index contributed by atoms with van der Waals surface area (Å²) in [6.45, 7) is 6.69. The number of anilines is 2. The summed E-state index contributed by atoms with van der Waals surface area (Å²) < 4.78 is 48.9. The first-order chi connectivity index (χ1) is 26.2. The van der Waals surface area contributed by atoms with Crippen molar-refractivity contribution < 1.29 is 37.7 Å². The van der Waals surface area contributed by atoms with Crippen LogP contribution in [0.25, 0.3) is 23.3 Å². The number of methoxy groups -OCH3 is 1. The Kier molecular flexibility index (Phi) is 11.9. The second kappa shape index (κ2) is 16.6. The first-order valence-electron chi connectivity index (χ1n) is 18.2. The topological polar surface area (TPSA) is 127 Å². The highest BCUT2D eigenvalue weighted by atomic mass is 19.4. The van der Waals surface area contributed by atoms with Crippen molar-refractivity contribution in [3.8, 4) is 16.9 Å². The molecule has 0 bridgehead atoms. The van der Waals surface area contributed by atoms with Crippen LogP contribution in [0.2, 0.25) is 0 Å². The molecule has 3 heterocycles. The zero-order chi connectivity index (χ0) is 39.4. The predicted molar refractivity (Wildman–Crippen MR) is 207 cm³/mol. The smallest absolute Gasteiger partial charge is 0.417 e. The molecule has 3 aromatic carbocycles. The van der Waals surface area contributed by atoms with Crippen LogP contribution in [0.5, 0.6) is 5.75 Å². The number of amides is 1. The molecular formula is C42H46F3N5O5. The van der Waals surface area contributed by atoms with E-state index in [-0.39, 0.29) is 36.4 Å². The van der Waals surface area contributed by atoms with E-state index in [1.54, 1.807) is 25.4 Å². The number of pyridine rings is 1. The quantitative estimate of drug-likeness (QED) is 0.110. The van der Waals surface area contributed by atoms with E-state index in [0.717, 1.165) is 52.5 Å². The van der Waals surface area contributed by atoms with Gasteiger partial charge in [0.15, 0.2) is 0 Å². The molecule has 13 heteroatoms. The Morgan fingerprint density at radius 2 is 1.58 bits per heavy atom. The molecule has 2 aliphatic heterocycles. The summed E-state index contributed by atoms with van der Waals surface area (Å²) in [5, 5.41) is 25.4. The Morgan fingerprint density at radius 3 is 2.24 bits per heavy atom. The average Bonchev–Trinajstić information content (AvgIpc) is 3.80. The number of nitrogens with one attached hydrogen (secondary N) is 2. The molecule has 0 radical (unpaired) electrons. The van der Waals surface area contributed by atoms with Crippen molar-refractivity contribution in [2.24, 2.45) is 5.92 Å². The largest absolute Gasteiger partial charge is 0.496 e. The van der Waals surface area contributed by atoms with Gasteiger partial charge in [-0.15, -0.1) is 0 Å². The molecule has 2 atom stereocenters. The number of aliphatic carboxylic acids is 1. The average molecular weight is 758 g/mol. The number of carboxylic acid groups (broad SMARTS) is 1. The van der Waals surface area contributed by atoms with Crippen molar-refractivity contribution in [3.05, 3.63) is 105 Å². The number of likely N-dealkylation sites (tertiary alicyclic amines) is 2. The molecule has 2 fully saturated rings. The Morgan fingerprint density at radius 1 is 0.909 bits per heavy atom. The molecule has 10 nitrogen and oxygen atoms in total. The molecule has 4 aromatic rings. The van der Waals surface area contributed by atoms with Gasteiger partial charge in [-0.05, 0) is 90.9 Å². The normalized spacial score (nSPS) is 17.9. The summed E-state index contributed by atoms with van der Waals surface area (Å²) in [6.07, 6.45) is 0.980. The third kappa shape index (κ3) is 9.01. The highest BCUT2D eigenvalue weighted by molar-refractivity contribution is 6.04. The van der Waals surface area contributed by atoms with E-state index in [1.807, 2.05) is 55.1 Å². The molecule has 4 N–H and O–H groups in total. The fourth-order valence-electron chi connectivity index (χ4n) is 7.47. The fraction of sp³-hybridized carbons (Fsp3) is 0.357. The lowest BCUT2D eigenvalue weighted by atomic mass is 9.92. The summed E-state index contributed by atoms with van der Waals surface area (Å²) in [5.41, 5.74) is 6.10. The van der Waals surface area contributed by atoms with E-state index in [0.29, 0.717) is 48.6 Å². The van der Waals surface area contributed by atoms with Gasteiger partial charge in [-0.1, -0.05) is 42.5 Å². The van der Waals surface area contributed by atoms with E-state index in [9.17, 15) is 33.0 Å². The van der Waals surface area contributed by atoms with Crippen LogP contribution >= 0.6 is 0 Å². The molecule has 0 aliphatic carbocycles. The summed E-state index contributed by atoms with van der Waals surface area (Å²) in [4.78, 5) is 33.3. The molecule has 1 aromatic heterocycles. The van der Waals surface area contributed by atoms with Crippen LogP contribution in [0.4, 0.5) is 24.5 Å². The fourth-order valence-corrected chi connectivity index (χ4v) is 7.47. The van der Waals surface area contributed by atoms with E-state index in [2.05, 4.69) is 20.5 Å². The third-order valence-corrected chi connectivity index (χ3v) is 10.6. The minimum absolute atomic E-state index is 0.0541. The van der Waals surface area contributed by atoms with Crippen molar-refractivity contribution in [2.45, 2.75) is 52.1 Å². The lowest BCUT2D eigenvalue weighted by molar-refractivity contribution is -0.141. The minimum atomic E-state index is -4.64. The van der Waals surface area contributed by atoms with Crippen molar-refractivity contribution in [3.63, 3.8) is 0 Å². The number of alkyl halides is 3. The molecule has 0 spiro atoms. The van der Waals surface area contributed by atoms with Crippen molar-refractivity contribution in [2.75, 3.05) is 51.0 Å². The number of nitrogens with zero attached hydrogens (tertiary/aromatic N) is 3. The van der Waals surface area contributed by atoms with Gasteiger partial charge in [0.05, 0.1) is 24.7 Å². The molecule has 55 heavy (non-hydrogen) atoms. The summed E-state index contributed by atoms with van der Waals surface area (Å²) in [5.74, 6) is -1.54. The molecule has 0 saturated carbocycles. The van der Waals surface area contributed by atoms with E-state index in [4.69, 9.17) is 4.74 Å². The van der Waals surface area contributed by atoms with Crippen LogP contribution < -0.4 is 15.4 Å². The van der Waals surface area contributed by atoms with Gasteiger partial charge in [-0.3, -0.25) is 24.4 Å². The Hall–Kier alpha value is -5.24. The second-order valence-electron chi connectivity index (χ2n) is 14.2.